The van der Waals surface area contributed by atoms with Gasteiger partial charge in [-0.15, -0.1) is 0 Å². The zero-order valence-corrected chi connectivity index (χ0v) is 12.0. The molecule has 0 fully saturated rings. The van der Waals surface area contributed by atoms with Crippen LogP contribution in [-0.2, 0) is 14.8 Å². The number of carbonyl (C=O) groups excluding carboxylic acids is 1. The SMILES string of the molecule is COC(=O)NCCN(c1cccc(C#N)c1)S(C)(=O)=O. The van der Waals surface area contributed by atoms with Crippen LogP contribution < -0.4 is 9.62 Å². The molecule has 0 saturated heterocycles. The highest BCUT2D eigenvalue weighted by Gasteiger charge is 2.17. The summed E-state index contributed by atoms with van der Waals surface area (Å²) in [6, 6.07) is 8.18. The smallest absolute Gasteiger partial charge is 0.406 e. The summed E-state index contributed by atoms with van der Waals surface area (Å²) >= 11 is 0. The number of hydrogen-bond donors (Lipinski definition) is 1. The fraction of sp³-hybridized carbons (Fsp3) is 0.333. The number of amides is 1. The van der Waals surface area contributed by atoms with Crippen molar-refractivity contribution in [3.63, 3.8) is 0 Å². The third-order valence-corrected chi connectivity index (χ3v) is 3.63. The van der Waals surface area contributed by atoms with Crippen molar-refractivity contribution in [2.45, 2.75) is 0 Å². The van der Waals surface area contributed by atoms with E-state index in [-0.39, 0.29) is 13.1 Å². The van der Waals surface area contributed by atoms with Crippen molar-refractivity contribution in [3.05, 3.63) is 29.8 Å². The summed E-state index contributed by atoms with van der Waals surface area (Å²) in [6.45, 7) is 0.138. The molecular weight excluding hydrogens is 282 g/mol. The molecule has 1 amide bonds. The summed E-state index contributed by atoms with van der Waals surface area (Å²) in [5, 5.41) is 11.2. The first kappa shape index (κ1) is 15.8. The van der Waals surface area contributed by atoms with Crippen molar-refractivity contribution in [2.24, 2.45) is 0 Å². The van der Waals surface area contributed by atoms with E-state index in [0.29, 0.717) is 11.3 Å². The van der Waals surface area contributed by atoms with Crippen LogP contribution >= 0.6 is 0 Å². The highest BCUT2D eigenvalue weighted by atomic mass is 32.2. The Labute approximate surface area is 117 Å². The van der Waals surface area contributed by atoms with Crippen molar-refractivity contribution >= 4 is 21.8 Å². The minimum absolute atomic E-state index is 0.0445. The zero-order valence-electron chi connectivity index (χ0n) is 11.2. The van der Waals surface area contributed by atoms with E-state index in [2.05, 4.69) is 10.1 Å². The minimum Gasteiger partial charge on any atom is -0.453 e. The summed E-state index contributed by atoms with van der Waals surface area (Å²) < 4.78 is 29.1. The van der Waals surface area contributed by atoms with Gasteiger partial charge in [-0.25, -0.2) is 13.2 Å². The Morgan fingerprint density at radius 3 is 2.75 bits per heavy atom. The lowest BCUT2D eigenvalue weighted by molar-refractivity contribution is 0.171. The largest absolute Gasteiger partial charge is 0.453 e. The van der Waals surface area contributed by atoms with Gasteiger partial charge in [-0.3, -0.25) is 4.31 Å². The molecule has 8 heteroatoms. The van der Waals surface area contributed by atoms with E-state index in [1.165, 1.54) is 13.2 Å². The van der Waals surface area contributed by atoms with E-state index in [9.17, 15) is 13.2 Å². The molecule has 0 aliphatic rings. The van der Waals surface area contributed by atoms with E-state index < -0.39 is 16.1 Å². The highest BCUT2D eigenvalue weighted by Crippen LogP contribution is 2.18. The lowest BCUT2D eigenvalue weighted by Gasteiger charge is -2.22. The predicted octanol–water partition coefficient (Wildman–Crippen LogP) is 0.680. The second kappa shape index (κ2) is 6.77. The number of rotatable bonds is 5. The summed E-state index contributed by atoms with van der Waals surface area (Å²) in [6.07, 6.45) is 0.425. The Hall–Kier alpha value is -2.27. The van der Waals surface area contributed by atoms with Crippen LogP contribution in [0.4, 0.5) is 10.5 Å². The van der Waals surface area contributed by atoms with Gasteiger partial charge < -0.3 is 10.1 Å². The van der Waals surface area contributed by atoms with Crippen molar-refractivity contribution in [1.82, 2.24) is 5.32 Å². The van der Waals surface area contributed by atoms with Gasteiger partial charge in [0.05, 0.1) is 37.2 Å². The molecule has 1 N–H and O–H groups in total. The van der Waals surface area contributed by atoms with Crippen LogP contribution in [0.2, 0.25) is 0 Å². The predicted molar refractivity (Wildman–Crippen MR) is 73.8 cm³/mol. The van der Waals surface area contributed by atoms with E-state index in [1.54, 1.807) is 18.2 Å². The summed E-state index contributed by atoms with van der Waals surface area (Å²) in [5.74, 6) is 0. The van der Waals surface area contributed by atoms with Crippen molar-refractivity contribution in [3.8, 4) is 6.07 Å². The lowest BCUT2D eigenvalue weighted by Crippen LogP contribution is -2.38. The first-order chi connectivity index (χ1) is 9.38. The molecule has 1 aromatic rings. The normalized spacial score (nSPS) is 10.4. The molecule has 0 radical (unpaired) electrons. The second-order valence-electron chi connectivity index (χ2n) is 3.92. The number of nitrogens with zero attached hydrogens (tertiary/aromatic N) is 2. The first-order valence-corrected chi connectivity index (χ1v) is 7.53. The van der Waals surface area contributed by atoms with Crippen LogP contribution in [0.1, 0.15) is 5.56 Å². The molecule has 0 atom stereocenters. The average Bonchev–Trinajstić information content (AvgIpc) is 2.41. The van der Waals surface area contributed by atoms with Gasteiger partial charge in [-0.1, -0.05) is 6.07 Å². The molecule has 0 saturated carbocycles. The second-order valence-corrected chi connectivity index (χ2v) is 5.82. The summed E-state index contributed by atoms with van der Waals surface area (Å²) in [7, 11) is -2.29. The number of ether oxygens (including phenoxy) is 1. The van der Waals surface area contributed by atoms with Gasteiger partial charge in [-0.2, -0.15) is 5.26 Å². The van der Waals surface area contributed by atoms with E-state index in [4.69, 9.17) is 5.26 Å². The number of sulfonamides is 1. The van der Waals surface area contributed by atoms with Gasteiger partial charge in [0.1, 0.15) is 0 Å². The quantitative estimate of drug-likeness (QED) is 0.861. The number of methoxy groups -OCH3 is 1. The molecule has 108 valence electrons. The van der Waals surface area contributed by atoms with Gasteiger partial charge in [0.25, 0.3) is 0 Å². The van der Waals surface area contributed by atoms with Crippen LogP contribution in [0, 0.1) is 11.3 Å². The highest BCUT2D eigenvalue weighted by molar-refractivity contribution is 7.92. The molecule has 0 aliphatic heterocycles. The standard InChI is InChI=1S/C12H15N3O4S/c1-19-12(16)14-6-7-15(20(2,17)18)11-5-3-4-10(8-11)9-13/h3-5,8H,6-7H2,1-2H3,(H,14,16). The molecule has 0 aromatic heterocycles. The van der Waals surface area contributed by atoms with Gasteiger partial charge >= 0.3 is 6.09 Å². The van der Waals surface area contributed by atoms with E-state index >= 15 is 0 Å². The van der Waals surface area contributed by atoms with E-state index in [0.717, 1.165) is 10.6 Å². The van der Waals surface area contributed by atoms with Crippen molar-refractivity contribution in [2.75, 3.05) is 30.8 Å². The van der Waals surface area contributed by atoms with Crippen molar-refractivity contribution < 1.29 is 17.9 Å². The maximum Gasteiger partial charge on any atom is 0.406 e. The van der Waals surface area contributed by atoms with Crippen LogP contribution in [0.15, 0.2) is 24.3 Å². The first-order valence-electron chi connectivity index (χ1n) is 5.68. The fourth-order valence-corrected chi connectivity index (χ4v) is 2.47. The number of nitriles is 1. The number of carbonyl (C=O) groups is 1. The fourth-order valence-electron chi connectivity index (χ4n) is 1.55. The molecule has 0 heterocycles. The van der Waals surface area contributed by atoms with Crippen molar-refractivity contribution in [1.29, 1.82) is 5.26 Å². The zero-order chi connectivity index (χ0) is 15.2. The Balaban J connectivity index is 2.91. The lowest BCUT2D eigenvalue weighted by atomic mass is 10.2. The monoisotopic (exact) mass is 297 g/mol. The van der Waals surface area contributed by atoms with Gasteiger partial charge in [0.15, 0.2) is 0 Å². The topological polar surface area (TPSA) is 99.5 Å². The number of alkyl carbamates (subject to hydrolysis) is 1. The average molecular weight is 297 g/mol. The van der Waals surface area contributed by atoms with Crippen LogP contribution in [0.5, 0.6) is 0 Å². The molecule has 1 rings (SSSR count). The Morgan fingerprint density at radius 1 is 1.50 bits per heavy atom. The van der Waals surface area contributed by atoms with Gasteiger partial charge in [0, 0.05) is 6.54 Å². The number of nitrogens with one attached hydrogen (secondary N) is 1. The summed E-state index contributed by atoms with van der Waals surface area (Å²) in [4.78, 5) is 10.9. The van der Waals surface area contributed by atoms with Gasteiger partial charge in [-0.05, 0) is 18.2 Å². The maximum absolute atomic E-state index is 11.8. The molecule has 0 aliphatic carbocycles. The van der Waals surface area contributed by atoms with Gasteiger partial charge in [0.2, 0.25) is 10.0 Å². The molecule has 0 unspecified atom stereocenters. The Bertz CT molecular complexity index is 622. The van der Waals surface area contributed by atoms with Crippen LogP contribution in [0.25, 0.3) is 0 Å². The molecular formula is C12H15N3O4S. The number of benzene rings is 1. The molecule has 0 bridgehead atoms. The Kier molecular flexibility index (Phi) is 5.34. The Morgan fingerprint density at radius 2 is 2.20 bits per heavy atom. The van der Waals surface area contributed by atoms with E-state index in [1.807, 2.05) is 6.07 Å². The minimum atomic E-state index is -3.52. The third-order valence-electron chi connectivity index (χ3n) is 2.43. The molecule has 0 spiro atoms. The summed E-state index contributed by atoms with van der Waals surface area (Å²) in [5.41, 5.74) is 0.732. The molecule has 7 nitrogen and oxygen atoms in total. The molecule has 20 heavy (non-hydrogen) atoms. The third kappa shape index (κ3) is 4.44. The number of anilines is 1. The maximum atomic E-state index is 11.8. The van der Waals surface area contributed by atoms with Crippen LogP contribution in [-0.4, -0.2) is 41.0 Å². The number of hydrogen-bond acceptors (Lipinski definition) is 5. The molecule has 1 aromatic carbocycles. The van der Waals surface area contributed by atoms with Crippen LogP contribution in [0.3, 0.4) is 0 Å².